The minimum Gasteiger partial charge on any atom is -0.467 e. The normalized spacial score (nSPS) is 12.2. The fraction of sp³-hybridized carbons (Fsp3) is 0.150. The van der Waals surface area contributed by atoms with Gasteiger partial charge < -0.3 is 9.73 Å². The van der Waals surface area contributed by atoms with Crippen molar-refractivity contribution in [2.24, 2.45) is 0 Å². The van der Waals surface area contributed by atoms with Crippen LogP contribution < -0.4 is 5.32 Å². The SMILES string of the molecule is C[C@H](Sc1ncnc2cc(-c3ccc(F)cc3)sc12)C(=O)NCc1ccco1. The Morgan fingerprint density at radius 3 is 2.86 bits per heavy atom. The highest BCUT2D eigenvalue weighted by Gasteiger charge is 2.18. The number of aromatic nitrogens is 2. The molecular formula is C20H16FN3O2S2. The van der Waals surface area contributed by atoms with Gasteiger partial charge in [0.25, 0.3) is 0 Å². The van der Waals surface area contributed by atoms with Crippen LogP contribution in [0.1, 0.15) is 12.7 Å². The van der Waals surface area contributed by atoms with Crippen LogP contribution >= 0.6 is 23.1 Å². The van der Waals surface area contributed by atoms with Crippen molar-refractivity contribution in [3.05, 3.63) is 66.6 Å². The molecule has 0 fully saturated rings. The number of thiophene rings is 1. The van der Waals surface area contributed by atoms with Crippen LogP contribution in [0.2, 0.25) is 0 Å². The molecule has 28 heavy (non-hydrogen) atoms. The van der Waals surface area contributed by atoms with Crippen molar-refractivity contribution in [1.82, 2.24) is 15.3 Å². The van der Waals surface area contributed by atoms with Crippen molar-refractivity contribution in [3.63, 3.8) is 0 Å². The van der Waals surface area contributed by atoms with E-state index in [4.69, 9.17) is 4.42 Å². The molecule has 3 heterocycles. The number of thioether (sulfide) groups is 1. The lowest BCUT2D eigenvalue weighted by molar-refractivity contribution is -0.120. The number of benzene rings is 1. The maximum atomic E-state index is 13.2. The lowest BCUT2D eigenvalue weighted by atomic mass is 10.2. The zero-order chi connectivity index (χ0) is 19.5. The maximum Gasteiger partial charge on any atom is 0.233 e. The average molecular weight is 413 g/mol. The van der Waals surface area contributed by atoms with Gasteiger partial charge in [0, 0.05) is 4.88 Å². The van der Waals surface area contributed by atoms with E-state index >= 15 is 0 Å². The summed E-state index contributed by atoms with van der Waals surface area (Å²) in [5.41, 5.74) is 1.73. The van der Waals surface area contributed by atoms with E-state index in [-0.39, 0.29) is 17.0 Å². The minimum atomic E-state index is -0.329. The van der Waals surface area contributed by atoms with E-state index in [9.17, 15) is 9.18 Å². The van der Waals surface area contributed by atoms with Crippen molar-refractivity contribution in [2.45, 2.75) is 23.7 Å². The second-order valence-corrected chi connectivity index (χ2v) is 8.45. The Kier molecular flexibility index (Phi) is 5.40. The molecule has 0 aliphatic carbocycles. The molecule has 4 aromatic rings. The van der Waals surface area contributed by atoms with E-state index in [0.29, 0.717) is 12.3 Å². The number of nitrogens with one attached hydrogen (secondary N) is 1. The molecule has 0 unspecified atom stereocenters. The number of hydrogen-bond acceptors (Lipinski definition) is 6. The number of nitrogens with zero attached hydrogens (tertiary/aromatic N) is 2. The number of hydrogen-bond donors (Lipinski definition) is 1. The highest BCUT2D eigenvalue weighted by Crippen LogP contribution is 2.38. The first kappa shape index (κ1) is 18.6. The van der Waals surface area contributed by atoms with Crippen LogP contribution in [-0.4, -0.2) is 21.1 Å². The molecule has 5 nitrogen and oxygen atoms in total. The molecule has 4 rings (SSSR count). The highest BCUT2D eigenvalue weighted by molar-refractivity contribution is 8.00. The first-order valence-electron chi connectivity index (χ1n) is 8.57. The quantitative estimate of drug-likeness (QED) is 0.360. The molecule has 8 heteroatoms. The van der Waals surface area contributed by atoms with Crippen LogP contribution in [0.3, 0.4) is 0 Å². The smallest absolute Gasteiger partial charge is 0.233 e. The van der Waals surface area contributed by atoms with E-state index in [1.54, 1.807) is 24.5 Å². The number of fused-ring (bicyclic) bond motifs is 1. The molecule has 1 N–H and O–H groups in total. The number of halogens is 1. The van der Waals surface area contributed by atoms with E-state index in [1.165, 1.54) is 41.6 Å². The summed E-state index contributed by atoms with van der Waals surface area (Å²) in [5.74, 6) is 0.343. The number of amides is 1. The Morgan fingerprint density at radius 1 is 1.29 bits per heavy atom. The second-order valence-electron chi connectivity index (χ2n) is 6.07. The fourth-order valence-electron chi connectivity index (χ4n) is 2.63. The van der Waals surface area contributed by atoms with Gasteiger partial charge in [0.15, 0.2) is 0 Å². The molecule has 1 amide bonds. The van der Waals surface area contributed by atoms with Gasteiger partial charge in [0.2, 0.25) is 5.91 Å². The Balaban J connectivity index is 1.51. The van der Waals surface area contributed by atoms with Gasteiger partial charge in [-0.15, -0.1) is 11.3 Å². The van der Waals surface area contributed by atoms with Crippen LogP contribution in [0.15, 0.2) is 64.5 Å². The summed E-state index contributed by atoms with van der Waals surface area (Å²) >= 11 is 2.92. The maximum absolute atomic E-state index is 13.2. The third kappa shape index (κ3) is 4.07. The monoisotopic (exact) mass is 413 g/mol. The Labute approximate surface area is 169 Å². The molecule has 0 radical (unpaired) electrons. The number of furan rings is 1. The average Bonchev–Trinajstić information content (AvgIpc) is 3.36. The van der Waals surface area contributed by atoms with Gasteiger partial charge in [-0.25, -0.2) is 14.4 Å². The number of carbonyl (C=O) groups is 1. The van der Waals surface area contributed by atoms with Gasteiger partial charge in [0.1, 0.15) is 22.9 Å². The standard InChI is InChI=1S/C20H16FN3O2S2/c1-12(19(25)22-10-15-3-2-8-26-15)27-20-18-16(23-11-24-20)9-17(28-18)13-4-6-14(21)7-5-13/h2-9,11-12H,10H2,1H3,(H,22,25)/t12-/m0/s1. The van der Waals surface area contributed by atoms with E-state index in [2.05, 4.69) is 15.3 Å². The molecular weight excluding hydrogens is 397 g/mol. The summed E-state index contributed by atoms with van der Waals surface area (Å²) in [7, 11) is 0. The van der Waals surface area contributed by atoms with E-state index in [0.717, 1.165) is 25.7 Å². The van der Waals surface area contributed by atoms with Gasteiger partial charge in [-0.2, -0.15) is 0 Å². The lowest BCUT2D eigenvalue weighted by Crippen LogP contribution is -2.30. The Morgan fingerprint density at radius 2 is 2.11 bits per heavy atom. The Bertz CT molecular complexity index is 1090. The molecule has 3 aromatic heterocycles. The molecule has 0 aliphatic rings. The molecule has 0 aliphatic heterocycles. The lowest BCUT2D eigenvalue weighted by Gasteiger charge is -2.11. The van der Waals surface area contributed by atoms with Crippen molar-refractivity contribution in [2.75, 3.05) is 0 Å². The summed E-state index contributed by atoms with van der Waals surface area (Å²) in [5, 5.41) is 3.28. The zero-order valence-corrected chi connectivity index (χ0v) is 16.5. The van der Waals surface area contributed by atoms with Gasteiger partial charge in [-0.3, -0.25) is 4.79 Å². The predicted molar refractivity (Wildman–Crippen MR) is 109 cm³/mol. The molecule has 142 valence electrons. The number of carbonyl (C=O) groups excluding carboxylic acids is 1. The number of rotatable bonds is 6. The van der Waals surface area contributed by atoms with Gasteiger partial charge >= 0.3 is 0 Å². The molecule has 0 spiro atoms. The van der Waals surface area contributed by atoms with Crippen molar-refractivity contribution in [1.29, 1.82) is 0 Å². The Hall–Kier alpha value is -2.71. The van der Waals surface area contributed by atoms with Crippen LogP contribution in [0.5, 0.6) is 0 Å². The van der Waals surface area contributed by atoms with Crippen molar-refractivity contribution < 1.29 is 13.6 Å². The van der Waals surface area contributed by atoms with Crippen LogP contribution in [-0.2, 0) is 11.3 Å². The first-order valence-corrected chi connectivity index (χ1v) is 10.3. The van der Waals surface area contributed by atoms with Crippen LogP contribution in [0.25, 0.3) is 20.7 Å². The third-order valence-electron chi connectivity index (χ3n) is 4.08. The third-order valence-corrected chi connectivity index (χ3v) is 6.49. The van der Waals surface area contributed by atoms with Crippen LogP contribution in [0, 0.1) is 5.82 Å². The summed E-state index contributed by atoms with van der Waals surface area (Å²) in [4.78, 5) is 22.1. The fourth-order valence-corrected chi connectivity index (χ4v) is 4.74. The topological polar surface area (TPSA) is 68.0 Å². The summed E-state index contributed by atoms with van der Waals surface area (Å²) in [6.07, 6.45) is 3.08. The van der Waals surface area contributed by atoms with Gasteiger partial charge in [-0.1, -0.05) is 23.9 Å². The van der Waals surface area contributed by atoms with Crippen molar-refractivity contribution >= 4 is 39.2 Å². The van der Waals surface area contributed by atoms with E-state index in [1.807, 2.05) is 19.1 Å². The summed E-state index contributed by atoms with van der Waals surface area (Å²) in [6.45, 7) is 2.19. The molecule has 1 atom stereocenters. The minimum absolute atomic E-state index is 0.0940. The molecule has 0 saturated heterocycles. The highest BCUT2D eigenvalue weighted by atomic mass is 32.2. The second kappa shape index (κ2) is 8.12. The molecule has 0 saturated carbocycles. The van der Waals surface area contributed by atoms with Gasteiger partial charge in [-0.05, 0) is 42.8 Å². The largest absolute Gasteiger partial charge is 0.467 e. The van der Waals surface area contributed by atoms with Crippen molar-refractivity contribution in [3.8, 4) is 10.4 Å². The summed E-state index contributed by atoms with van der Waals surface area (Å²) in [6, 6.07) is 11.9. The molecule has 0 bridgehead atoms. The van der Waals surface area contributed by atoms with E-state index < -0.39 is 0 Å². The van der Waals surface area contributed by atoms with Crippen LogP contribution in [0.4, 0.5) is 4.39 Å². The molecule has 1 aromatic carbocycles. The zero-order valence-electron chi connectivity index (χ0n) is 14.9. The van der Waals surface area contributed by atoms with Gasteiger partial charge in [0.05, 0.1) is 28.3 Å². The predicted octanol–water partition coefficient (Wildman–Crippen LogP) is 4.89. The first-order chi connectivity index (χ1) is 13.6. The summed E-state index contributed by atoms with van der Waals surface area (Å²) < 4.78 is 19.3.